The van der Waals surface area contributed by atoms with E-state index in [-0.39, 0.29) is 0 Å². The second-order valence-corrected chi connectivity index (χ2v) is 3.15. The van der Waals surface area contributed by atoms with Gasteiger partial charge in [-0.1, -0.05) is 0 Å². The van der Waals surface area contributed by atoms with Gasteiger partial charge >= 0.3 is 0 Å². The summed E-state index contributed by atoms with van der Waals surface area (Å²) in [7, 11) is 1.92. The Morgan fingerprint density at radius 3 is 3.00 bits per heavy atom. The van der Waals surface area contributed by atoms with Crippen molar-refractivity contribution in [3.8, 4) is 0 Å². The molecule has 0 radical (unpaired) electrons. The number of ether oxygens (including phenoxy) is 1. The molecule has 0 amide bonds. The Morgan fingerprint density at radius 1 is 1.90 bits per heavy atom. The third-order valence-corrected chi connectivity index (χ3v) is 1.94. The molecule has 1 aliphatic heterocycles. The van der Waals surface area contributed by atoms with E-state index in [1.165, 1.54) is 0 Å². The summed E-state index contributed by atoms with van der Waals surface area (Å²) in [6.07, 6.45) is 0.295. The van der Waals surface area contributed by atoms with Crippen LogP contribution in [-0.2, 0) is 11.8 Å². The van der Waals surface area contributed by atoms with E-state index in [0.717, 1.165) is 16.9 Å². The van der Waals surface area contributed by atoms with Crippen LogP contribution in [0.4, 0.5) is 0 Å². The van der Waals surface area contributed by atoms with E-state index in [1.807, 2.05) is 17.8 Å². The molecule has 2 rings (SSSR count). The summed E-state index contributed by atoms with van der Waals surface area (Å²) in [6, 6.07) is 1.98. The van der Waals surface area contributed by atoms with E-state index in [9.17, 15) is 0 Å². The number of aryl methyl sites for hydroxylation is 1. The lowest BCUT2D eigenvalue weighted by atomic mass is 10.3. The molecule has 0 aliphatic carbocycles. The molecule has 10 heavy (non-hydrogen) atoms. The molecule has 1 aromatic heterocycles. The Kier molecular flexibility index (Phi) is 1.32. The van der Waals surface area contributed by atoms with E-state index in [0.29, 0.717) is 6.10 Å². The SMILES string of the molecule is Cn1nc(Br)cc1C1CO1. The van der Waals surface area contributed by atoms with Gasteiger partial charge < -0.3 is 4.74 Å². The van der Waals surface area contributed by atoms with E-state index < -0.39 is 0 Å². The quantitative estimate of drug-likeness (QED) is 0.643. The number of halogens is 1. The molecule has 0 spiro atoms. The van der Waals surface area contributed by atoms with Crippen molar-refractivity contribution in [3.05, 3.63) is 16.4 Å². The molecule has 1 aliphatic rings. The standard InChI is InChI=1S/C6H7BrN2O/c1-9-4(5-3-10-5)2-6(7)8-9/h2,5H,3H2,1H3. The van der Waals surface area contributed by atoms with Crippen LogP contribution in [0.1, 0.15) is 11.8 Å². The third-order valence-electron chi connectivity index (χ3n) is 1.55. The van der Waals surface area contributed by atoms with E-state index in [2.05, 4.69) is 21.0 Å². The summed E-state index contributed by atoms with van der Waals surface area (Å²) in [4.78, 5) is 0. The zero-order chi connectivity index (χ0) is 7.14. The highest BCUT2D eigenvalue weighted by atomic mass is 79.9. The average molecular weight is 203 g/mol. The number of aromatic nitrogens is 2. The first kappa shape index (κ1) is 6.37. The Balaban J connectivity index is 2.38. The fraction of sp³-hybridized carbons (Fsp3) is 0.500. The summed E-state index contributed by atoms with van der Waals surface area (Å²) in [5.74, 6) is 0. The smallest absolute Gasteiger partial charge is 0.128 e. The lowest BCUT2D eigenvalue weighted by Gasteiger charge is -1.92. The van der Waals surface area contributed by atoms with Gasteiger partial charge in [-0.3, -0.25) is 4.68 Å². The second-order valence-electron chi connectivity index (χ2n) is 2.34. The van der Waals surface area contributed by atoms with Crippen molar-refractivity contribution < 1.29 is 4.74 Å². The minimum atomic E-state index is 0.295. The molecule has 1 unspecified atom stereocenters. The summed E-state index contributed by atoms with van der Waals surface area (Å²) < 4.78 is 7.82. The Bertz CT molecular complexity index is 254. The van der Waals surface area contributed by atoms with Crippen LogP contribution in [0, 0.1) is 0 Å². The summed E-state index contributed by atoms with van der Waals surface area (Å²) in [6.45, 7) is 0.839. The molecule has 1 saturated heterocycles. The first-order valence-corrected chi connectivity index (χ1v) is 3.88. The van der Waals surface area contributed by atoms with Gasteiger partial charge in [-0.2, -0.15) is 5.10 Å². The van der Waals surface area contributed by atoms with Crippen LogP contribution in [0.2, 0.25) is 0 Å². The highest BCUT2D eigenvalue weighted by molar-refractivity contribution is 9.10. The number of nitrogens with zero attached hydrogens (tertiary/aromatic N) is 2. The van der Waals surface area contributed by atoms with Crippen molar-refractivity contribution >= 4 is 15.9 Å². The van der Waals surface area contributed by atoms with Gasteiger partial charge in [-0.15, -0.1) is 0 Å². The zero-order valence-corrected chi connectivity index (χ0v) is 7.13. The van der Waals surface area contributed by atoms with Gasteiger partial charge in [0.05, 0.1) is 12.3 Å². The molecule has 1 aromatic rings. The minimum absolute atomic E-state index is 0.295. The fourth-order valence-electron chi connectivity index (χ4n) is 0.966. The van der Waals surface area contributed by atoms with Gasteiger partial charge in [-0.05, 0) is 22.0 Å². The largest absolute Gasteiger partial charge is 0.366 e. The molecule has 1 atom stereocenters. The molecule has 0 bridgehead atoms. The van der Waals surface area contributed by atoms with Gasteiger partial charge in [0.2, 0.25) is 0 Å². The number of hydrogen-bond acceptors (Lipinski definition) is 2. The minimum Gasteiger partial charge on any atom is -0.366 e. The number of epoxide rings is 1. The Morgan fingerprint density at radius 2 is 2.60 bits per heavy atom. The topological polar surface area (TPSA) is 30.4 Å². The highest BCUT2D eigenvalue weighted by Crippen LogP contribution is 2.30. The summed E-state index contributed by atoms with van der Waals surface area (Å²) in [5.41, 5.74) is 1.15. The van der Waals surface area contributed by atoms with Crippen LogP contribution in [0.3, 0.4) is 0 Å². The molecule has 0 aromatic carbocycles. The fourth-order valence-corrected chi connectivity index (χ4v) is 1.44. The molecule has 54 valence electrons. The van der Waals surface area contributed by atoms with Gasteiger partial charge in [0, 0.05) is 7.05 Å². The first-order chi connectivity index (χ1) is 4.77. The molecule has 4 heteroatoms. The molecule has 3 nitrogen and oxygen atoms in total. The predicted octanol–water partition coefficient (Wildman–Crippen LogP) is 1.25. The molecule has 1 fully saturated rings. The average Bonchev–Trinajstić information content (AvgIpc) is 2.61. The lowest BCUT2D eigenvalue weighted by molar-refractivity contribution is 0.404. The Labute approximate surface area is 67.1 Å². The lowest BCUT2D eigenvalue weighted by Crippen LogP contribution is -1.95. The van der Waals surface area contributed by atoms with Crippen LogP contribution in [0.5, 0.6) is 0 Å². The number of rotatable bonds is 1. The van der Waals surface area contributed by atoms with Crippen molar-refractivity contribution in [2.45, 2.75) is 6.10 Å². The van der Waals surface area contributed by atoms with Gasteiger partial charge in [0.1, 0.15) is 10.7 Å². The number of hydrogen-bond donors (Lipinski definition) is 0. The monoisotopic (exact) mass is 202 g/mol. The van der Waals surface area contributed by atoms with E-state index in [1.54, 1.807) is 0 Å². The van der Waals surface area contributed by atoms with Crippen molar-refractivity contribution in [1.29, 1.82) is 0 Å². The van der Waals surface area contributed by atoms with E-state index in [4.69, 9.17) is 4.74 Å². The second kappa shape index (κ2) is 2.07. The van der Waals surface area contributed by atoms with Crippen LogP contribution < -0.4 is 0 Å². The van der Waals surface area contributed by atoms with Crippen LogP contribution in [0.25, 0.3) is 0 Å². The normalized spacial score (nSPS) is 23.2. The van der Waals surface area contributed by atoms with E-state index >= 15 is 0 Å². The van der Waals surface area contributed by atoms with Crippen molar-refractivity contribution in [2.75, 3.05) is 6.61 Å². The third kappa shape index (κ3) is 0.973. The summed E-state index contributed by atoms with van der Waals surface area (Å²) in [5, 5.41) is 4.13. The van der Waals surface area contributed by atoms with Crippen LogP contribution in [0.15, 0.2) is 10.7 Å². The maximum Gasteiger partial charge on any atom is 0.128 e. The van der Waals surface area contributed by atoms with Crippen molar-refractivity contribution in [3.63, 3.8) is 0 Å². The van der Waals surface area contributed by atoms with Crippen molar-refractivity contribution in [1.82, 2.24) is 9.78 Å². The first-order valence-electron chi connectivity index (χ1n) is 3.08. The van der Waals surface area contributed by atoms with Gasteiger partial charge in [0.15, 0.2) is 0 Å². The maximum atomic E-state index is 5.11. The Hall–Kier alpha value is -0.350. The molecule has 0 N–H and O–H groups in total. The highest BCUT2D eigenvalue weighted by Gasteiger charge is 2.28. The molecule has 0 saturated carbocycles. The zero-order valence-electron chi connectivity index (χ0n) is 5.54. The maximum absolute atomic E-state index is 5.11. The van der Waals surface area contributed by atoms with Crippen molar-refractivity contribution in [2.24, 2.45) is 7.05 Å². The molecule has 2 heterocycles. The predicted molar refractivity (Wildman–Crippen MR) is 39.6 cm³/mol. The van der Waals surface area contributed by atoms with Crippen LogP contribution in [-0.4, -0.2) is 16.4 Å². The molecular formula is C6H7BrN2O. The molecular weight excluding hydrogens is 196 g/mol. The van der Waals surface area contributed by atoms with Crippen LogP contribution >= 0.6 is 15.9 Å². The summed E-state index contributed by atoms with van der Waals surface area (Å²) >= 11 is 3.29. The van der Waals surface area contributed by atoms with Gasteiger partial charge in [-0.25, -0.2) is 0 Å². The van der Waals surface area contributed by atoms with Gasteiger partial charge in [0.25, 0.3) is 0 Å².